The van der Waals surface area contributed by atoms with Crippen LogP contribution in [0.25, 0.3) is 53.5 Å². The van der Waals surface area contributed by atoms with E-state index in [4.69, 9.17) is 4.42 Å². The highest BCUT2D eigenvalue weighted by molar-refractivity contribution is 7.25. The highest BCUT2D eigenvalue weighted by Crippen LogP contribution is 2.37. The van der Waals surface area contributed by atoms with Gasteiger partial charge in [0.2, 0.25) is 0 Å². The molecule has 7 aromatic rings. The lowest BCUT2D eigenvalue weighted by Crippen LogP contribution is -1.90. The van der Waals surface area contributed by atoms with E-state index in [0.29, 0.717) is 0 Å². The Bertz CT molecular complexity index is 1810. The first-order valence-electron chi connectivity index (χ1n) is 11.5. The third-order valence-corrected chi connectivity index (χ3v) is 7.54. The SMILES string of the molecule is c1ccc(-c2cc(-c3ccc(Nc4ccc5c(c4)sc4ccccc45)cc3)cc3ncoc23)cc1. The second-order valence-corrected chi connectivity index (χ2v) is 9.69. The van der Waals surface area contributed by atoms with E-state index in [1.54, 1.807) is 0 Å². The standard InChI is InChI=1S/C31H20N2OS/c1-2-6-21(7-3-1)27-16-22(17-28-31(27)34-19-32-28)20-10-12-23(13-11-20)33-24-14-15-26-25-8-4-5-9-29(25)35-30(26)18-24/h1-19,33H. The lowest BCUT2D eigenvalue weighted by atomic mass is 9.98. The van der Waals surface area contributed by atoms with Gasteiger partial charge in [0.1, 0.15) is 5.52 Å². The zero-order valence-corrected chi connectivity index (χ0v) is 19.5. The van der Waals surface area contributed by atoms with Crippen molar-refractivity contribution in [2.45, 2.75) is 0 Å². The van der Waals surface area contributed by atoms with Crippen molar-refractivity contribution < 1.29 is 4.42 Å². The molecule has 4 heteroatoms. The Balaban J connectivity index is 1.21. The first-order valence-corrected chi connectivity index (χ1v) is 12.3. The van der Waals surface area contributed by atoms with Crippen molar-refractivity contribution in [3.8, 4) is 22.3 Å². The molecule has 2 aromatic heterocycles. The maximum Gasteiger partial charge on any atom is 0.182 e. The minimum absolute atomic E-state index is 0.815. The lowest BCUT2D eigenvalue weighted by Gasteiger charge is -2.10. The Hall–Kier alpha value is -4.41. The van der Waals surface area contributed by atoms with E-state index < -0.39 is 0 Å². The molecule has 0 saturated heterocycles. The maximum absolute atomic E-state index is 5.71. The Labute approximate surface area is 206 Å². The van der Waals surface area contributed by atoms with Gasteiger partial charge >= 0.3 is 0 Å². The van der Waals surface area contributed by atoms with Gasteiger partial charge in [-0.2, -0.15) is 0 Å². The molecule has 0 aliphatic carbocycles. The van der Waals surface area contributed by atoms with Crippen LogP contribution in [0.15, 0.2) is 120 Å². The topological polar surface area (TPSA) is 38.1 Å². The summed E-state index contributed by atoms with van der Waals surface area (Å²) in [4.78, 5) is 4.43. The first-order chi connectivity index (χ1) is 17.3. The molecule has 0 bridgehead atoms. The fraction of sp³-hybridized carbons (Fsp3) is 0. The van der Waals surface area contributed by atoms with Gasteiger partial charge in [0.25, 0.3) is 0 Å². The number of rotatable bonds is 4. The Morgan fingerprint density at radius 3 is 2.26 bits per heavy atom. The molecule has 1 N–H and O–H groups in total. The average molecular weight is 469 g/mol. The van der Waals surface area contributed by atoms with Crippen LogP contribution < -0.4 is 5.32 Å². The van der Waals surface area contributed by atoms with Crippen LogP contribution in [-0.2, 0) is 0 Å². The summed E-state index contributed by atoms with van der Waals surface area (Å²) in [6, 6.07) is 38.3. The number of oxazole rings is 1. The van der Waals surface area contributed by atoms with Crippen LogP contribution in [0.3, 0.4) is 0 Å². The van der Waals surface area contributed by atoms with Crippen molar-refractivity contribution in [3.05, 3.63) is 116 Å². The molecule has 0 fully saturated rings. The van der Waals surface area contributed by atoms with Crippen LogP contribution in [-0.4, -0.2) is 4.98 Å². The van der Waals surface area contributed by atoms with Crippen LogP contribution in [0.1, 0.15) is 0 Å². The van der Waals surface area contributed by atoms with Crippen LogP contribution in [0, 0.1) is 0 Å². The molecule has 0 unspecified atom stereocenters. The zero-order chi connectivity index (χ0) is 23.2. The van der Waals surface area contributed by atoms with Crippen molar-refractivity contribution in [2.75, 3.05) is 5.32 Å². The molecule has 0 amide bonds. The molecule has 7 rings (SSSR count). The quantitative estimate of drug-likeness (QED) is 0.280. The highest BCUT2D eigenvalue weighted by Gasteiger charge is 2.12. The van der Waals surface area contributed by atoms with Crippen LogP contribution in [0.5, 0.6) is 0 Å². The van der Waals surface area contributed by atoms with Crippen LogP contribution >= 0.6 is 11.3 Å². The molecule has 0 radical (unpaired) electrons. The number of aromatic nitrogens is 1. The summed E-state index contributed by atoms with van der Waals surface area (Å²) >= 11 is 1.83. The molecule has 3 nitrogen and oxygen atoms in total. The number of nitrogens with zero attached hydrogens (tertiary/aromatic N) is 1. The number of hydrogen-bond donors (Lipinski definition) is 1. The second-order valence-electron chi connectivity index (χ2n) is 8.60. The van der Waals surface area contributed by atoms with E-state index >= 15 is 0 Å². The number of fused-ring (bicyclic) bond motifs is 4. The monoisotopic (exact) mass is 468 g/mol. The summed E-state index contributed by atoms with van der Waals surface area (Å²) in [7, 11) is 0. The van der Waals surface area contributed by atoms with E-state index in [2.05, 4.69) is 101 Å². The molecule has 0 spiro atoms. The molecule has 0 atom stereocenters. The molecular formula is C31H20N2OS. The minimum Gasteiger partial charge on any atom is -0.443 e. The van der Waals surface area contributed by atoms with Crippen molar-refractivity contribution in [1.82, 2.24) is 4.98 Å². The van der Waals surface area contributed by atoms with Gasteiger partial charge in [-0.15, -0.1) is 11.3 Å². The number of thiophene rings is 1. The highest BCUT2D eigenvalue weighted by atomic mass is 32.1. The number of anilines is 2. The van der Waals surface area contributed by atoms with E-state index in [1.165, 1.54) is 26.6 Å². The molecule has 0 saturated carbocycles. The maximum atomic E-state index is 5.71. The van der Waals surface area contributed by atoms with Crippen molar-refractivity contribution in [2.24, 2.45) is 0 Å². The molecular weight excluding hydrogens is 448 g/mol. The summed E-state index contributed by atoms with van der Waals surface area (Å²) in [5, 5.41) is 6.19. The third-order valence-electron chi connectivity index (χ3n) is 6.40. The Morgan fingerprint density at radius 1 is 0.600 bits per heavy atom. The molecule has 35 heavy (non-hydrogen) atoms. The van der Waals surface area contributed by atoms with Crippen molar-refractivity contribution in [1.29, 1.82) is 0 Å². The average Bonchev–Trinajstić information content (AvgIpc) is 3.53. The molecule has 0 aliphatic heterocycles. The van der Waals surface area contributed by atoms with E-state index in [-0.39, 0.29) is 0 Å². The van der Waals surface area contributed by atoms with Gasteiger partial charge in [0.05, 0.1) is 0 Å². The van der Waals surface area contributed by atoms with Gasteiger partial charge in [-0.25, -0.2) is 4.98 Å². The Kier molecular flexibility index (Phi) is 4.64. The number of benzene rings is 5. The zero-order valence-electron chi connectivity index (χ0n) is 18.7. The normalized spacial score (nSPS) is 11.4. The fourth-order valence-electron chi connectivity index (χ4n) is 4.68. The molecule has 5 aromatic carbocycles. The predicted molar refractivity (Wildman–Crippen MR) is 147 cm³/mol. The van der Waals surface area contributed by atoms with Gasteiger partial charge in [-0.05, 0) is 59.2 Å². The number of hydrogen-bond acceptors (Lipinski definition) is 4. The summed E-state index contributed by atoms with van der Waals surface area (Å²) in [6.45, 7) is 0. The van der Waals surface area contributed by atoms with Gasteiger partial charge in [0.15, 0.2) is 12.0 Å². The summed E-state index contributed by atoms with van der Waals surface area (Å²) in [6.07, 6.45) is 1.52. The van der Waals surface area contributed by atoms with Crippen LogP contribution in [0.2, 0.25) is 0 Å². The molecule has 166 valence electrons. The second kappa shape index (κ2) is 8.12. The molecule has 0 aliphatic rings. The smallest absolute Gasteiger partial charge is 0.182 e. The van der Waals surface area contributed by atoms with Crippen molar-refractivity contribution >= 4 is 54.0 Å². The Morgan fingerprint density at radius 2 is 1.37 bits per heavy atom. The summed E-state index contributed by atoms with van der Waals surface area (Å²) < 4.78 is 8.33. The summed E-state index contributed by atoms with van der Waals surface area (Å²) in [5.41, 5.74) is 8.24. The van der Waals surface area contributed by atoms with E-state index in [1.807, 2.05) is 29.5 Å². The fourth-order valence-corrected chi connectivity index (χ4v) is 5.83. The van der Waals surface area contributed by atoms with Gasteiger partial charge in [-0.1, -0.05) is 66.7 Å². The van der Waals surface area contributed by atoms with Crippen molar-refractivity contribution in [3.63, 3.8) is 0 Å². The van der Waals surface area contributed by atoms with Crippen LogP contribution in [0.4, 0.5) is 11.4 Å². The van der Waals surface area contributed by atoms with Gasteiger partial charge in [-0.3, -0.25) is 0 Å². The van der Waals surface area contributed by atoms with E-state index in [9.17, 15) is 0 Å². The first kappa shape index (κ1) is 20.0. The van der Waals surface area contributed by atoms with Gasteiger partial charge in [0, 0.05) is 37.1 Å². The largest absolute Gasteiger partial charge is 0.443 e. The molecule has 2 heterocycles. The summed E-state index contributed by atoms with van der Waals surface area (Å²) in [5.74, 6) is 0. The predicted octanol–water partition coefficient (Wildman–Crippen LogP) is 9.27. The minimum atomic E-state index is 0.815. The lowest BCUT2D eigenvalue weighted by molar-refractivity contribution is 0.603. The third kappa shape index (κ3) is 3.56. The van der Waals surface area contributed by atoms with E-state index in [0.717, 1.165) is 44.7 Å². The number of nitrogens with one attached hydrogen (secondary N) is 1. The van der Waals surface area contributed by atoms with Gasteiger partial charge < -0.3 is 9.73 Å².